The highest BCUT2D eigenvalue weighted by molar-refractivity contribution is 6.00. The molecule has 0 saturated heterocycles. The third-order valence-corrected chi connectivity index (χ3v) is 3.07. The molecule has 0 aliphatic heterocycles. The molecule has 0 fully saturated rings. The first-order valence-corrected chi connectivity index (χ1v) is 6.65. The third kappa shape index (κ3) is 4.40. The number of nitrogens with two attached hydrogens (primary N) is 1. The van der Waals surface area contributed by atoms with Crippen molar-refractivity contribution in [3.63, 3.8) is 0 Å². The van der Waals surface area contributed by atoms with Gasteiger partial charge >= 0.3 is 0 Å². The second-order valence-electron chi connectivity index (χ2n) is 4.54. The molecule has 0 aliphatic carbocycles. The van der Waals surface area contributed by atoms with E-state index in [1.165, 1.54) is 19.3 Å². The predicted octanol–water partition coefficient (Wildman–Crippen LogP) is 3.82. The Bertz CT molecular complexity index is 388. The highest BCUT2D eigenvalue weighted by Crippen LogP contribution is 2.21. The van der Waals surface area contributed by atoms with E-state index in [2.05, 4.69) is 6.92 Å². The van der Waals surface area contributed by atoms with Gasteiger partial charge in [-0.1, -0.05) is 32.6 Å². The van der Waals surface area contributed by atoms with Gasteiger partial charge in [-0.15, -0.1) is 0 Å². The van der Waals surface area contributed by atoms with Gasteiger partial charge in [0.05, 0.1) is 7.11 Å². The molecule has 0 radical (unpaired) electrons. The Labute approximate surface area is 109 Å². The van der Waals surface area contributed by atoms with Crippen LogP contribution in [-0.2, 0) is 0 Å². The number of nitrogen functional groups attached to an aromatic ring is 1. The van der Waals surface area contributed by atoms with Crippen molar-refractivity contribution in [1.29, 1.82) is 0 Å². The molecule has 0 unspecified atom stereocenters. The molecule has 0 amide bonds. The molecule has 0 heterocycles. The number of rotatable bonds is 8. The molecular formula is C15H23NO2. The van der Waals surface area contributed by atoms with E-state index in [0.29, 0.717) is 23.4 Å². The summed E-state index contributed by atoms with van der Waals surface area (Å²) in [5, 5.41) is 0. The number of hydrogen-bond donors (Lipinski definition) is 1. The van der Waals surface area contributed by atoms with Crippen LogP contribution < -0.4 is 10.5 Å². The molecule has 0 aromatic heterocycles. The smallest absolute Gasteiger partial charge is 0.164 e. The van der Waals surface area contributed by atoms with Gasteiger partial charge in [-0.2, -0.15) is 0 Å². The summed E-state index contributed by atoms with van der Waals surface area (Å²) in [5.41, 5.74) is 6.97. The average Bonchev–Trinajstić information content (AvgIpc) is 2.38. The molecule has 0 atom stereocenters. The normalized spacial score (nSPS) is 10.3. The zero-order chi connectivity index (χ0) is 13.4. The maximum absolute atomic E-state index is 12.0. The van der Waals surface area contributed by atoms with Gasteiger partial charge in [-0.25, -0.2) is 0 Å². The van der Waals surface area contributed by atoms with E-state index in [4.69, 9.17) is 10.5 Å². The summed E-state index contributed by atoms with van der Waals surface area (Å²) in [6, 6.07) is 5.23. The van der Waals surface area contributed by atoms with E-state index in [1.807, 2.05) is 0 Å². The first-order chi connectivity index (χ1) is 8.69. The molecule has 18 heavy (non-hydrogen) atoms. The summed E-state index contributed by atoms with van der Waals surface area (Å²) in [6.45, 7) is 2.18. The lowest BCUT2D eigenvalue weighted by Gasteiger charge is -2.07. The van der Waals surface area contributed by atoms with Crippen molar-refractivity contribution in [3.8, 4) is 5.75 Å². The molecule has 1 aromatic rings. The number of carbonyl (C=O) groups excluding carboxylic acids is 1. The standard InChI is InChI=1S/C15H23NO2/c1-3-4-5-6-7-8-15(17)13-10-9-12(18-2)11-14(13)16/h9-11H,3-8,16H2,1-2H3. The third-order valence-electron chi connectivity index (χ3n) is 3.07. The van der Waals surface area contributed by atoms with Crippen LogP contribution in [0.1, 0.15) is 55.8 Å². The highest BCUT2D eigenvalue weighted by Gasteiger charge is 2.10. The number of unbranched alkanes of at least 4 members (excludes halogenated alkanes) is 4. The van der Waals surface area contributed by atoms with Crippen molar-refractivity contribution in [1.82, 2.24) is 0 Å². The van der Waals surface area contributed by atoms with Gasteiger partial charge in [0.2, 0.25) is 0 Å². The lowest BCUT2D eigenvalue weighted by atomic mass is 10.0. The summed E-state index contributed by atoms with van der Waals surface area (Å²) >= 11 is 0. The Morgan fingerprint density at radius 1 is 1.22 bits per heavy atom. The molecule has 0 spiro atoms. The van der Waals surface area contributed by atoms with Gasteiger partial charge in [0, 0.05) is 23.7 Å². The van der Waals surface area contributed by atoms with Gasteiger partial charge in [-0.05, 0) is 18.6 Å². The van der Waals surface area contributed by atoms with Crippen LogP contribution >= 0.6 is 0 Å². The van der Waals surface area contributed by atoms with Gasteiger partial charge < -0.3 is 10.5 Å². The van der Waals surface area contributed by atoms with Gasteiger partial charge in [-0.3, -0.25) is 4.79 Å². The van der Waals surface area contributed by atoms with Crippen LogP contribution in [0, 0.1) is 0 Å². The van der Waals surface area contributed by atoms with Crippen LogP contribution in [0.5, 0.6) is 5.75 Å². The summed E-state index contributed by atoms with van der Waals surface area (Å²) in [6.07, 6.45) is 6.33. The Balaban J connectivity index is 2.46. The number of benzene rings is 1. The number of ether oxygens (including phenoxy) is 1. The van der Waals surface area contributed by atoms with Gasteiger partial charge in [0.25, 0.3) is 0 Å². The van der Waals surface area contributed by atoms with Crippen molar-refractivity contribution in [2.24, 2.45) is 0 Å². The molecule has 2 N–H and O–H groups in total. The lowest BCUT2D eigenvalue weighted by Crippen LogP contribution is -2.04. The number of hydrogen-bond acceptors (Lipinski definition) is 3. The summed E-state index contributed by atoms with van der Waals surface area (Å²) < 4.78 is 5.06. The van der Waals surface area contributed by atoms with Crippen molar-refractivity contribution >= 4 is 11.5 Å². The summed E-state index contributed by atoms with van der Waals surface area (Å²) in [7, 11) is 1.59. The zero-order valence-corrected chi connectivity index (χ0v) is 11.4. The number of methoxy groups -OCH3 is 1. The van der Waals surface area contributed by atoms with Crippen LogP contribution in [-0.4, -0.2) is 12.9 Å². The maximum atomic E-state index is 12.0. The van der Waals surface area contributed by atoms with E-state index in [-0.39, 0.29) is 5.78 Å². The summed E-state index contributed by atoms with van der Waals surface area (Å²) in [5.74, 6) is 0.818. The fourth-order valence-electron chi connectivity index (χ4n) is 1.95. The van der Waals surface area contributed by atoms with Crippen LogP contribution in [0.15, 0.2) is 18.2 Å². The minimum absolute atomic E-state index is 0.131. The molecule has 0 saturated carbocycles. The van der Waals surface area contributed by atoms with Gasteiger partial charge in [0.1, 0.15) is 5.75 Å². The number of anilines is 1. The summed E-state index contributed by atoms with van der Waals surface area (Å²) in [4.78, 5) is 12.0. The van der Waals surface area contributed by atoms with E-state index in [9.17, 15) is 4.79 Å². The second-order valence-corrected chi connectivity index (χ2v) is 4.54. The molecule has 0 bridgehead atoms. The van der Waals surface area contributed by atoms with Gasteiger partial charge in [0.15, 0.2) is 5.78 Å². The first kappa shape index (κ1) is 14.6. The lowest BCUT2D eigenvalue weighted by molar-refractivity contribution is 0.0980. The van der Waals surface area contributed by atoms with Crippen LogP contribution in [0.25, 0.3) is 0 Å². The quantitative estimate of drug-likeness (QED) is 0.433. The van der Waals surface area contributed by atoms with Crippen molar-refractivity contribution in [2.75, 3.05) is 12.8 Å². The minimum atomic E-state index is 0.131. The molecule has 1 rings (SSSR count). The van der Waals surface area contributed by atoms with E-state index in [1.54, 1.807) is 25.3 Å². The van der Waals surface area contributed by atoms with Crippen molar-refractivity contribution in [3.05, 3.63) is 23.8 Å². The molecule has 0 aliphatic rings. The minimum Gasteiger partial charge on any atom is -0.497 e. The number of ketones is 1. The molecular weight excluding hydrogens is 226 g/mol. The Morgan fingerprint density at radius 2 is 1.94 bits per heavy atom. The Hall–Kier alpha value is -1.51. The van der Waals surface area contributed by atoms with Crippen molar-refractivity contribution < 1.29 is 9.53 Å². The van der Waals surface area contributed by atoms with E-state index >= 15 is 0 Å². The first-order valence-electron chi connectivity index (χ1n) is 6.65. The molecule has 3 nitrogen and oxygen atoms in total. The fourth-order valence-corrected chi connectivity index (χ4v) is 1.95. The molecule has 100 valence electrons. The zero-order valence-electron chi connectivity index (χ0n) is 11.4. The average molecular weight is 249 g/mol. The number of carbonyl (C=O) groups is 1. The SMILES string of the molecule is CCCCCCCC(=O)c1ccc(OC)cc1N. The topological polar surface area (TPSA) is 52.3 Å². The van der Waals surface area contributed by atoms with Crippen LogP contribution in [0.2, 0.25) is 0 Å². The fraction of sp³-hybridized carbons (Fsp3) is 0.533. The molecule has 3 heteroatoms. The monoisotopic (exact) mass is 249 g/mol. The van der Waals surface area contributed by atoms with E-state index < -0.39 is 0 Å². The number of Topliss-reactive ketones (excluding diaryl/α,β-unsaturated/α-hetero) is 1. The largest absolute Gasteiger partial charge is 0.497 e. The second kappa shape index (κ2) is 7.75. The highest BCUT2D eigenvalue weighted by atomic mass is 16.5. The van der Waals surface area contributed by atoms with Crippen LogP contribution in [0.4, 0.5) is 5.69 Å². The Morgan fingerprint density at radius 3 is 2.56 bits per heavy atom. The van der Waals surface area contributed by atoms with Crippen LogP contribution in [0.3, 0.4) is 0 Å². The maximum Gasteiger partial charge on any atom is 0.164 e. The van der Waals surface area contributed by atoms with Crippen molar-refractivity contribution in [2.45, 2.75) is 45.4 Å². The molecule has 1 aromatic carbocycles. The Kier molecular flexibility index (Phi) is 6.26. The van der Waals surface area contributed by atoms with E-state index in [0.717, 1.165) is 12.8 Å². The predicted molar refractivity (Wildman–Crippen MR) is 75.1 cm³/mol.